The van der Waals surface area contributed by atoms with Crippen molar-refractivity contribution in [1.82, 2.24) is 12.9 Å². The van der Waals surface area contributed by atoms with E-state index < -0.39 is 63.3 Å². The molecule has 0 aliphatic heterocycles. The summed E-state index contributed by atoms with van der Waals surface area (Å²) in [7, 11) is 2.89. The van der Waals surface area contributed by atoms with Crippen molar-refractivity contribution in [3.8, 4) is 28.7 Å². The third-order valence-corrected chi connectivity index (χ3v) is 20.8. The fourth-order valence-corrected chi connectivity index (χ4v) is 15.1. The van der Waals surface area contributed by atoms with Gasteiger partial charge < -0.3 is 48.1 Å². The summed E-state index contributed by atoms with van der Waals surface area (Å²) < 4.78 is 142. The van der Waals surface area contributed by atoms with E-state index in [0.29, 0.717) is 67.5 Å². The quantitative estimate of drug-likeness (QED) is 0.0331. The van der Waals surface area contributed by atoms with Crippen molar-refractivity contribution in [3.05, 3.63) is 122 Å². The number of ether oxygens (including phenoxy) is 8. The molecule has 506 valence electrons. The number of hydrogen-bond acceptors (Lipinski definition) is 19. The molecule has 0 aromatic heterocycles. The number of aliphatic hydroxyl groups is 1. The second kappa shape index (κ2) is 36.8. The highest BCUT2D eigenvalue weighted by Crippen LogP contribution is 2.31. The van der Waals surface area contributed by atoms with Crippen molar-refractivity contribution >= 4 is 61.7 Å². The van der Waals surface area contributed by atoms with E-state index >= 15 is 0 Å². The Kier molecular flexibility index (Phi) is 33.5. The van der Waals surface area contributed by atoms with Gasteiger partial charge in [0.05, 0.1) is 75.0 Å². The number of aryl methyl sites for hydroxylation is 10. The summed E-state index contributed by atoms with van der Waals surface area (Å²) in [6.45, 7) is 22.6. The van der Waals surface area contributed by atoms with Crippen molar-refractivity contribution in [2.24, 2.45) is 0 Å². The van der Waals surface area contributed by atoms with Gasteiger partial charge in [-0.3, -0.25) is 0 Å². The van der Waals surface area contributed by atoms with Gasteiger partial charge in [0.2, 0.25) is 30.1 Å². The molecule has 0 spiro atoms. The molecule has 0 bridgehead atoms. The molecule has 0 saturated heterocycles. The van der Waals surface area contributed by atoms with Gasteiger partial charge >= 0.3 is 11.9 Å². The van der Waals surface area contributed by atoms with Crippen LogP contribution in [0.25, 0.3) is 0 Å². The molecule has 0 heterocycles. The second-order valence-electron chi connectivity index (χ2n) is 21.6. The predicted octanol–water partition coefficient (Wildman–Crippen LogP) is 8.80. The van der Waals surface area contributed by atoms with E-state index in [0.717, 1.165) is 14.4 Å². The van der Waals surface area contributed by atoms with Crippen molar-refractivity contribution in [1.29, 1.82) is 0 Å². The Bertz CT molecular complexity index is 3560. The molecule has 0 unspecified atom stereocenters. The van der Waals surface area contributed by atoms with Crippen LogP contribution in [0.3, 0.4) is 0 Å². The summed E-state index contributed by atoms with van der Waals surface area (Å²) in [5, 5.41) is 17.3. The highest BCUT2D eigenvalue weighted by atomic mass is 35.7. The number of carboxylic acid groups (broad SMARTS) is 1. The van der Waals surface area contributed by atoms with E-state index in [1.807, 2.05) is 12.1 Å². The Morgan fingerprint density at radius 2 is 0.689 bits per heavy atom. The molecular weight excluding hydrogens is 1270 g/mol. The molecule has 0 atom stereocenters. The van der Waals surface area contributed by atoms with Gasteiger partial charge in [-0.05, 0) is 206 Å². The largest absolute Gasteiger partial charge is 0.497 e. The van der Waals surface area contributed by atoms with Gasteiger partial charge in [0.1, 0.15) is 47.6 Å². The number of esters is 1. The molecule has 0 radical (unpaired) electrons. The van der Waals surface area contributed by atoms with Crippen LogP contribution in [0, 0.1) is 69.2 Å². The number of benzene rings is 5. The lowest BCUT2D eigenvalue weighted by Crippen LogP contribution is -2.32. The third-order valence-electron chi connectivity index (χ3n) is 12.7. The SMILES string of the molecule is COc1cc(C)c(S(=O)(=O)Cl)c(C)c1.COc1cc(C)c(S(=O)(=O)N(C)CCO)c(C)c1.COc1cc(C)c(S(=O)(=O)N(C)CCOCC(=O)O)c(C)c1.COc1cc(C)c(S(=O)(=O)N(C)CCOCC(=O)OC(C)(C)C)c(C)c1.COc1cc(C)cc(C)c1. The zero-order valence-corrected chi connectivity index (χ0v) is 59.6. The Balaban J connectivity index is 0.000000580. The number of carbonyl (C=O) groups is 2. The summed E-state index contributed by atoms with van der Waals surface area (Å²) in [4.78, 5) is 22.9. The smallest absolute Gasteiger partial charge is 0.332 e. The molecule has 90 heavy (non-hydrogen) atoms. The standard InChI is InChI=1S/C18H29NO6S.C14H21NO6S.C12H19NO4S.C9H11ClO3S.C9H12O/c1-13-10-15(23-7)11-14(2)17(13)26(21,22)19(6)8-9-24-12-16(20)25-18(3,4)5;1-10-7-12(20-4)8-11(2)14(10)22(18,19)15(3)5-6-21-9-13(16)17;1-9-7-11(17-4)8-10(2)12(9)18(15,16)13(3)5-6-14;1-6-4-8(13-3)5-7(2)9(6)14(10,11)12;1-7-4-8(2)6-9(5-7)10-3/h10-11H,8-9,12H2,1-7H3;7-8H,5-6,9H2,1-4H3,(H,16,17);7-8,14H,5-6H2,1-4H3;4-5H,1-3H3;4-6H,1-3H3. The van der Waals surface area contributed by atoms with Crippen LogP contribution in [0.5, 0.6) is 28.7 Å². The Morgan fingerprint density at radius 1 is 0.433 bits per heavy atom. The summed E-state index contributed by atoms with van der Waals surface area (Å²) in [6, 6.07) is 19.5. The number of sulfonamides is 3. The zero-order chi connectivity index (χ0) is 69.4. The first-order valence-corrected chi connectivity index (χ1v) is 34.4. The first-order chi connectivity index (χ1) is 41.5. The minimum atomic E-state index is -3.68. The summed E-state index contributed by atoms with van der Waals surface area (Å²) >= 11 is 0. The molecule has 5 aromatic rings. The van der Waals surface area contributed by atoms with E-state index in [4.69, 9.17) is 58.8 Å². The lowest BCUT2D eigenvalue weighted by Gasteiger charge is -2.21. The molecule has 0 fully saturated rings. The minimum Gasteiger partial charge on any atom is -0.497 e. The summed E-state index contributed by atoms with van der Waals surface area (Å²) in [5.41, 5.74) is 6.79. The van der Waals surface area contributed by atoms with Crippen molar-refractivity contribution in [2.75, 3.05) is 109 Å². The lowest BCUT2D eigenvalue weighted by molar-refractivity contribution is -0.160. The van der Waals surface area contributed by atoms with Crippen LogP contribution in [-0.2, 0) is 62.9 Å². The van der Waals surface area contributed by atoms with Crippen molar-refractivity contribution in [3.63, 3.8) is 0 Å². The second-order valence-corrected chi connectivity index (χ2v) is 30.1. The molecule has 5 aromatic carbocycles. The number of rotatable bonds is 24. The van der Waals surface area contributed by atoms with Crippen LogP contribution in [0.2, 0.25) is 0 Å². The van der Waals surface area contributed by atoms with E-state index in [9.17, 15) is 43.3 Å². The Hall–Kier alpha value is -6.11. The number of hydrogen-bond donors (Lipinski definition) is 2. The summed E-state index contributed by atoms with van der Waals surface area (Å²) in [6.07, 6.45) is 0. The first kappa shape index (κ1) is 81.9. The van der Waals surface area contributed by atoms with Crippen molar-refractivity contribution in [2.45, 2.75) is 115 Å². The zero-order valence-electron chi connectivity index (χ0n) is 55.6. The normalized spacial score (nSPS) is 11.6. The van der Waals surface area contributed by atoms with Crippen LogP contribution >= 0.6 is 10.7 Å². The average molecular weight is 1360 g/mol. The fraction of sp³-hybridized carbons (Fsp3) is 0.484. The van der Waals surface area contributed by atoms with Gasteiger partial charge in [0, 0.05) is 51.5 Å². The number of likely N-dealkylation sites (N-methyl/N-ethyl adjacent to an activating group) is 3. The molecule has 0 saturated carbocycles. The highest BCUT2D eigenvalue weighted by Gasteiger charge is 2.28. The van der Waals surface area contributed by atoms with E-state index in [2.05, 4.69) is 19.9 Å². The van der Waals surface area contributed by atoms with Crippen LogP contribution < -0.4 is 23.7 Å². The molecule has 5 rings (SSSR count). The predicted molar refractivity (Wildman–Crippen MR) is 347 cm³/mol. The first-order valence-electron chi connectivity index (χ1n) is 27.8. The maximum Gasteiger partial charge on any atom is 0.332 e. The maximum atomic E-state index is 12.8. The molecule has 0 amide bonds. The number of methoxy groups -OCH3 is 5. The number of halogens is 1. The monoisotopic (exact) mass is 1360 g/mol. The lowest BCUT2D eigenvalue weighted by atomic mass is 10.1. The van der Waals surface area contributed by atoms with Crippen LogP contribution in [-0.4, -0.2) is 184 Å². The number of aliphatic carboxylic acids is 1. The van der Waals surface area contributed by atoms with Gasteiger partial charge in [0.25, 0.3) is 9.05 Å². The third kappa shape index (κ3) is 25.9. The number of carbonyl (C=O) groups excluding carboxylic acids is 1. The molecule has 0 aliphatic rings. The van der Waals surface area contributed by atoms with Gasteiger partial charge in [-0.25, -0.2) is 43.3 Å². The van der Waals surface area contributed by atoms with Crippen LogP contribution in [0.15, 0.2) is 86.3 Å². The van der Waals surface area contributed by atoms with E-state index in [1.54, 1.807) is 139 Å². The van der Waals surface area contributed by atoms with Gasteiger partial charge in [-0.2, -0.15) is 12.9 Å². The topological polar surface area (TPSA) is 295 Å². The molecule has 23 nitrogen and oxygen atoms in total. The van der Waals surface area contributed by atoms with E-state index in [-0.39, 0.29) is 65.6 Å². The van der Waals surface area contributed by atoms with E-state index in [1.165, 1.54) is 57.9 Å². The van der Waals surface area contributed by atoms with Gasteiger partial charge in [0.15, 0.2) is 0 Å². The fourth-order valence-electron chi connectivity index (χ4n) is 8.81. The van der Waals surface area contributed by atoms with Gasteiger partial charge in [-0.15, -0.1) is 0 Å². The molecule has 0 aliphatic carbocycles. The number of carboxylic acids is 1. The number of nitrogens with zero attached hydrogens (tertiary/aromatic N) is 3. The van der Waals surface area contributed by atoms with Gasteiger partial charge in [-0.1, -0.05) is 6.07 Å². The highest BCUT2D eigenvalue weighted by molar-refractivity contribution is 8.13. The maximum absolute atomic E-state index is 12.8. The minimum absolute atomic E-state index is 0.0102. The van der Waals surface area contributed by atoms with Crippen molar-refractivity contribution < 1.29 is 91.4 Å². The molecule has 2 N–H and O–H groups in total. The average Bonchev–Trinajstić information content (AvgIpc) is 1.11. The molecular formula is C62H92ClN3O20S4. The Labute approximate surface area is 538 Å². The number of aliphatic hydroxyl groups excluding tert-OH is 1. The van der Waals surface area contributed by atoms with Crippen LogP contribution in [0.1, 0.15) is 76.4 Å². The molecule has 28 heteroatoms. The Morgan fingerprint density at radius 3 is 0.933 bits per heavy atom. The van der Waals surface area contributed by atoms with Crippen LogP contribution in [0.4, 0.5) is 0 Å². The summed E-state index contributed by atoms with van der Waals surface area (Å²) in [5.74, 6) is 1.84.